The van der Waals surface area contributed by atoms with E-state index in [0.29, 0.717) is 31.1 Å². The number of carbonyl (C=O) groups is 2. The summed E-state index contributed by atoms with van der Waals surface area (Å²) in [6.45, 7) is 5.81. The fourth-order valence-corrected chi connectivity index (χ4v) is 1.99. The van der Waals surface area contributed by atoms with E-state index in [4.69, 9.17) is 0 Å². The molecule has 1 aromatic rings. The number of aromatic nitrogens is 1. The molecule has 5 heteroatoms. The average Bonchev–Trinajstić information content (AvgIpc) is 2.37. The zero-order valence-corrected chi connectivity index (χ0v) is 11.3. The van der Waals surface area contributed by atoms with Gasteiger partial charge in [-0.3, -0.25) is 14.6 Å². The van der Waals surface area contributed by atoms with Gasteiger partial charge in [0.2, 0.25) is 5.91 Å². The fourth-order valence-electron chi connectivity index (χ4n) is 1.99. The van der Waals surface area contributed by atoms with Crippen molar-refractivity contribution in [3.8, 4) is 0 Å². The minimum atomic E-state index is 0.00892. The van der Waals surface area contributed by atoms with E-state index in [9.17, 15) is 9.59 Å². The van der Waals surface area contributed by atoms with Crippen LogP contribution in [0.5, 0.6) is 0 Å². The predicted molar refractivity (Wildman–Crippen MR) is 71.5 cm³/mol. The SMILES string of the molecule is CC(C)C(=O)NCC1CN(C(=O)c2ccncc2)C1. The van der Waals surface area contributed by atoms with Gasteiger partial charge in [0.05, 0.1) is 0 Å². The van der Waals surface area contributed by atoms with Gasteiger partial charge >= 0.3 is 0 Å². The number of amides is 2. The van der Waals surface area contributed by atoms with Crippen molar-refractivity contribution in [1.29, 1.82) is 0 Å². The van der Waals surface area contributed by atoms with Crippen LogP contribution in [0.3, 0.4) is 0 Å². The molecule has 1 N–H and O–H groups in total. The van der Waals surface area contributed by atoms with E-state index >= 15 is 0 Å². The van der Waals surface area contributed by atoms with E-state index in [1.807, 2.05) is 13.8 Å². The van der Waals surface area contributed by atoms with E-state index < -0.39 is 0 Å². The quantitative estimate of drug-likeness (QED) is 0.877. The van der Waals surface area contributed by atoms with Crippen LogP contribution in [0.1, 0.15) is 24.2 Å². The highest BCUT2D eigenvalue weighted by molar-refractivity contribution is 5.94. The number of rotatable bonds is 4. The maximum atomic E-state index is 12.0. The van der Waals surface area contributed by atoms with Gasteiger partial charge < -0.3 is 10.2 Å². The van der Waals surface area contributed by atoms with Crippen molar-refractivity contribution in [1.82, 2.24) is 15.2 Å². The van der Waals surface area contributed by atoms with Gasteiger partial charge in [0.15, 0.2) is 0 Å². The first-order valence-electron chi connectivity index (χ1n) is 6.55. The number of likely N-dealkylation sites (tertiary alicyclic amines) is 1. The Hall–Kier alpha value is -1.91. The monoisotopic (exact) mass is 261 g/mol. The summed E-state index contributed by atoms with van der Waals surface area (Å²) in [5, 5.41) is 2.90. The number of hydrogen-bond donors (Lipinski definition) is 1. The zero-order valence-electron chi connectivity index (χ0n) is 11.3. The molecule has 0 unspecified atom stereocenters. The molecule has 1 aliphatic heterocycles. The molecular weight excluding hydrogens is 242 g/mol. The largest absolute Gasteiger partial charge is 0.355 e. The smallest absolute Gasteiger partial charge is 0.253 e. The van der Waals surface area contributed by atoms with Crippen LogP contribution in [0.25, 0.3) is 0 Å². The molecule has 1 saturated heterocycles. The molecule has 1 fully saturated rings. The molecule has 2 amide bonds. The summed E-state index contributed by atoms with van der Waals surface area (Å²) >= 11 is 0. The second kappa shape index (κ2) is 5.82. The molecule has 0 bridgehead atoms. The minimum absolute atomic E-state index is 0.00892. The maximum Gasteiger partial charge on any atom is 0.253 e. The number of pyridine rings is 1. The summed E-state index contributed by atoms with van der Waals surface area (Å²) in [7, 11) is 0. The van der Waals surface area contributed by atoms with Gasteiger partial charge in [-0.2, -0.15) is 0 Å². The third kappa shape index (κ3) is 3.30. The van der Waals surface area contributed by atoms with E-state index in [-0.39, 0.29) is 17.7 Å². The van der Waals surface area contributed by atoms with Gasteiger partial charge in [-0.1, -0.05) is 13.8 Å². The Balaban J connectivity index is 1.75. The molecule has 1 aliphatic rings. The average molecular weight is 261 g/mol. The molecule has 0 saturated carbocycles. The summed E-state index contributed by atoms with van der Waals surface area (Å²) in [4.78, 5) is 29.1. The van der Waals surface area contributed by atoms with E-state index in [2.05, 4.69) is 10.3 Å². The van der Waals surface area contributed by atoms with Crippen molar-refractivity contribution < 1.29 is 9.59 Å². The molecule has 5 nitrogen and oxygen atoms in total. The minimum Gasteiger partial charge on any atom is -0.355 e. The van der Waals surface area contributed by atoms with Crippen molar-refractivity contribution in [2.24, 2.45) is 11.8 Å². The van der Waals surface area contributed by atoms with Crippen LogP contribution in [0.15, 0.2) is 24.5 Å². The number of hydrogen-bond acceptors (Lipinski definition) is 3. The fraction of sp³-hybridized carbons (Fsp3) is 0.500. The topological polar surface area (TPSA) is 62.3 Å². The number of nitrogens with zero attached hydrogens (tertiary/aromatic N) is 2. The summed E-state index contributed by atoms with van der Waals surface area (Å²) in [6, 6.07) is 3.44. The lowest BCUT2D eigenvalue weighted by Gasteiger charge is -2.39. The Kier molecular flexibility index (Phi) is 4.14. The van der Waals surface area contributed by atoms with Crippen LogP contribution in [0.2, 0.25) is 0 Å². The Bertz CT molecular complexity index is 453. The van der Waals surface area contributed by atoms with Crippen LogP contribution in [0.4, 0.5) is 0 Å². The normalized spacial score (nSPS) is 15.2. The van der Waals surface area contributed by atoms with Crippen molar-refractivity contribution in [3.05, 3.63) is 30.1 Å². The lowest BCUT2D eigenvalue weighted by molar-refractivity contribution is -0.124. The molecule has 19 heavy (non-hydrogen) atoms. The Morgan fingerprint density at radius 2 is 2.00 bits per heavy atom. The standard InChI is InChI=1S/C14H19N3O2/c1-10(2)13(18)16-7-11-8-17(9-11)14(19)12-3-5-15-6-4-12/h3-6,10-11H,7-9H2,1-2H3,(H,16,18). The summed E-state index contributed by atoms with van der Waals surface area (Å²) < 4.78 is 0. The summed E-state index contributed by atoms with van der Waals surface area (Å²) in [5.41, 5.74) is 0.666. The van der Waals surface area contributed by atoms with Crippen LogP contribution in [-0.2, 0) is 4.79 Å². The van der Waals surface area contributed by atoms with Gasteiger partial charge in [0.1, 0.15) is 0 Å². The van der Waals surface area contributed by atoms with Crippen LogP contribution in [0, 0.1) is 11.8 Å². The van der Waals surface area contributed by atoms with Crippen LogP contribution in [-0.4, -0.2) is 41.3 Å². The van der Waals surface area contributed by atoms with Gasteiger partial charge in [-0.25, -0.2) is 0 Å². The van der Waals surface area contributed by atoms with Crippen molar-refractivity contribution in [2.45, 2.75) is 13.8 Å². The van der Waals surface area contributed by atoms with Crippen LogP contribution >= 0.6 is 0 Å². The van der Waals surface area contributed by atoms with Gasteiger partial charge in [0.25, 0.3) is 5.91 Å². The Labute approximate surface area is 113 Å². The first-order valence-corrected chi connectivity index (χ1v) is 6.55. The third-order valence-electron chi connectivity index (χ3n) is 3.26. The van der Waals surface area contributed by atoms with Gasteiger partial charge in [-0.05, 0) is 12.1 Å². The Morgan fingerprint density at radius 1 is 1.37 bits per heavy atom. The second-order valence-corrected chi connectivity index (χ2v) is 5.21. The highest BCUT2D eigenvalue weighted by atomic mass is 16.2. The van der Waals surface area contributed by atoms with E-state index in [1.165, 1.54) is 0 Å². The first kappa shape index (κ1) is 13.5. The molecule has 2 heterocycles. The van der Waals surface area contributed by atoms with Gasteiger partial charge in [0, 0.05) is 49.4 Å². The molecule has 0 atom stereocenters. The number of nitrogens with one attached hydrogen (secondary N) is 1. The number of carbonyl (C=O) groups excluding carboxylic acids is 2. The lowest BCUT2D eigenvalue weighted by atomic mass is 9.98. The van der Waals surface area contributed by atoms with Crippen molar-refractivity contribution in [2.75, 3.05) is 19.6 Å². The zero-order chi connectivity index (χ0) is 13.8. The summed E-state index contributed by atoms with van der Waals surface area (Å²) in [6.07, 6.45) is 3.24. The van der Waals surface area contributed by atoms with Crippen molar-refractivity contribution in [3.63, 3.8) is 0 Å². The van der Waals surface area contributed by atoms with Crippen LogP contribution < -0.4 is 5.32 Å². The molecule has 0 spiro atoms. The van der Waals surface area contributed by atoms with Gasteiger partial charge in [-0.15, -0.1) is 0 Å². The molecular formula is C14H19N3O2. The highest BCUT2D eigenvalue weighted by Gasteiger charge is 2.31. The third-order valence-corrected chi connectivity index (χ3v) is 3.26. The summed E-state index contributed by atoms with van der Waals surface area (Å²) in [5.74, 6) is 0.482. The predicted octanol–water partition coefficient (Wildman–Crippen LogP) is 0.926. The second-order valence-electron chi connectivity index (χ2n) is 5.21. The lowest BCUT2D eigenvalue weighted by Crippen LogP contribution is -2.54. The molecule has 102 valence electrons. The first-order chi connectivity index (χ1) is 9.08. The highest BCUT2D eigenvalue weighted by Crippen LogP contribution is 2.17. The molecule has 2 rings (SSSR count). The molecule has 0 aromatic carbocycles. The Morgan fingerprint density at radius 3 is 2.58 bits per heavy atom. The molecule has 0 radical (unpaired) electrons. The maximum absolute atomic E-state index is 12.0. The van der Waals surface area contributed by atoms with E-state index in [1.54, 1.807) is 29.4 Å². The van der Waals surface area contributed by atoms with E-state index in [0.717, 1.165) is 0 Å². The van der Waals surface area contributed by atoms with Crippen molar-refractivity contribution >= 4 is 11.8 Å². The molecule has 0 aliphatic carbocycles. The molecule has 1 aromatic heterocycles.